The summed E-state index contributed by atoms with van der Waals surface area (Å²) in [7, 11) is 5.88. The Morgan fingerprint density at radius 1 is 1.00 bits per heavy atom. The van der Waals surface area contributed by atoms with Crippen molar-refractivity contribution in [1.29, 1.82) is 0 Å². The summed E-state index contributed by atoms with van der Waals surface area (Å²) in [6, 6.07) is 8.27. The summed E-state index contributed by atoms with van der Waals surface area (Å²) in [5.41, 5.74) is 2.28. The molecule has 1 saturated heterocycles. The Morgan fingerprint density at radius 3 is 2.28 bits per heavy atom. The molecule has 2 rings (SSSR count). The summed E-state index contributed by atoms with van der Waals surface area (Å²) in [6.07, 6.45) is 0.919. The number of anilines is 1. The number of amides is 2. The first-order valence-corrected chi connectivity index (χ1v) is 8.85. The van der Waals surface area contributed by atoms with Crippen LogP contribution in [0, 0.1) is 0 Å². The van der Waals surface area contributed by atoms with Crippen LogP contribution in [0.4, 0.5) is 5.69 Å². The average Bonchev–Trinajstić information content (AvgIpc) is 2.81. The highest BCUT2D eigenvalue weighted by Crippen LogP contribution is 2.13. The fourth-order valence-electron chi connectivity index (χ4n) is 3.02. The number of carbonyl (C=O) groups excluding carboxylic acids is 2. The molecule has 0 aliphatic carbocycles. The Hall–Kier alpha value is -2.08. The Kier molecular flexibility index (Phi) is 6.82. The van der Waals surface area contributed by atoms with Gasteiger partial charge < -0.3 is 14.7 Å². The summed E-state index contributed by atoms with van der Waals surface area (Å²) in [4.78, 5) is 31.8. The molecule has 0 spiro atoms. The summed E-state index contributed by atoms with van der Waals surface area (Å²) in [6.45, 7) is 5.75. The molecule has 0 aromatic heterocycles. The number of hydrogen-bond acceptors (Lipinski definition) is 4. The number of nitrogens with zero attached hydrogens (tertiary/aromatic N) is 4. The van der Waals surface area contributed by atoms with Crippen LogP contribution < -0.4 is 4.90 Å². The molecule has 1 aromatic rings. The van der Waals surface area contributed by atoms with Crippen LogP contribution in [0.5, 0.6) is 0 Å². The van der Waals surface area contributed by atoms with Crippen LogP contribution in [0.3, 0.4) is 0 Å². The van der Waals surface area contributed by atoms with Gasteiger partial charge in [0.15, 0.2) is 0 Å². The highest BCUT2D eigenvalue weighted by Gasteiger charge is 2.19. The first kappa shape index (κ1) is 19.2. The molecule has 138 valence electrons. The molecule has 25 heavy (non-hydrogen) atoms. The third-order valence-corrected chi connectivity index (χ3v) is 4.69. The molecule has 0 radical (unpaired) electrons. The second-order valence-corrected chi connectivity index (χ2v) is 6.95. The van der Waals surface area contributed by atoms with Crippen molar-refractivity contribution in [3.05, 3.63) is 29.8 Å². The van der Waals surface area contributed by atoms with Crippen LogP contribution in [0.15, 0.2) is 24.3 Å². The minimum atomic E-state index is 0.117. The van der Waals surface area contributed by atoms with E-state index in [1.807, 2.05) is 26.0 Å². The number of benzene rings is 1. The van der Waals surface area contributed by atoms with Gasteiger partial charge in [0.25, 0.3) is 0 Å². The van der Waals surface area contributed by atoms with E-state index in [4.69, 9.17) is 0 Å². The van der Waals surface area contributed by atoms with Gasteiger partial charge in [0.05, 0.1) is 6.54 Å². The topological polar surface area (TPSA) is 47.1 Å². The molecule has 0 saturated carbocycles. The van der Waals surface area contributed by atoms with Gasteiger partial charge in [-0.05, 0) is 24.1 Å². The summed E-state index contributed by atoms with van der Waals surface area (Å²) in [5, 5.41) is 0. The SMILES string of the molecule is CC(=O)N1CCCN(CC(=O)N(C)Cc2ccc(N(C)C)cc2)CC1. The smallest absolute Gasteiger partial charge is 0.236 e. The molecule has 1 aliphatic rings. The van der Waals surface area contributed by atoms with E-state index in [1.165, 1.54) is 0 Å². The van der Waals surface area contributed by atoms with Crippen molar-refractivity contribution in [2.75, 3.05) is 58.8 Å². The molecule has 1 aromatic carbocycles. The molecular formula is C19H30N4O2. The van der Waals surface area contributed by atoms with Gasteiger partial charge in [-0.3, -0.25) is 14.5 Å². The molecule has 1 heterocycles. The molecule has 0 unspecified atom stereocenters. The Morgan fingerprint density at radius 2 is 1.68 bits per heavy atom. The van der Waals surface area contributed by atoms with E-state index in [9.17, 15) is 9.59 Å². The van der Waals surface area contributed by atoms with Crippen LogP contribution in [-0.4, -0.2) is 80.4 Å². The predicted molar refractivity (Wildman–Crippen MR) is 101 cm³/mol. The van der Waals surface area contributed by atoms with Crippen molar-refractivity contribution in [3.63, 3.8) is 0 Å². The summed E-state index contributed by atoms with van der Waals surface area (Å²) < 4.78 is 0. The minimum absolute atomic E-state index is 0.117. The maximum absolute atomic E-state index is 12.5. The van der Waals surface area contributed by atoms with E-state index in [0.717, 1.165) is 37.3 Å². The lowest BCUT2D eigenvalue weighted by Gasteiger charge is -2.24. The van der Waals surface area contributed by atoms with Crippen molar-refractivity contribution in [2.45, 2.75) is 19.9 Å². The van der Waals surface area contributed by atoms with E-state index in [2.05, 4.69) is 34.1 Å². The first-order valence-electron chi connectivity index (χ1n) is 8.85. The molecule has 0 bridgehead atoms. The lowest BCUT2D eigenvalue weighted by molar-refractivity contribution is -0.131. The second kappa shape index (κ2) is 8.85. The third-order valence-electron chi connectivity index (χ3n) is 4.69. The van der Waals surface area contributed by atoms with Crippen molar-refractivity contribution in [3.8, 4) is 0 Å². The van der Waals surface area contributed by atoms with Gasteiger partial charge in [0.1, 0.15) is 0 Å². The zero-order valence-electron chi connectivity index (χ0n) is 15.9. The second-order valence-electron chi connectivity index (χ2n) is 6.95. The van der Waals surface area contributed by atoms with Crippen molar-refractivity contribution < 1.29 is 9.59 Å². The van der Waals surface area contributed by atoms with Crippen LogP contribution in [-0.2, 0) is 16.1 Å². The highest BCUT2D eigenvalue weighted by atomic mass is 16.2. The standard InChI is InChI=1S/C19H30N4O2/c1-16(24)23-11-5-10-22(12-13-23)15-19(25)21(4)14-17-6-8-18(9-7-17)20(2)3/h6-9H,5,10-15H2,1-4H3. The number of hydrogen-bond donors (Lipinski definition) is 0. The van der Waals surface area contributed by atoms with Gasteiger partial charge in [-0.1, -0.05) is 12.1 Å². The Labute approximate surface area is 151 Å². The van der Waals surface area contributed by atoms with E-state index in [0.29, 0.717) is 19.6 Å². The maximum atomic E-state index is 12.5. The van der Waals surface area contributed by atoms with Crippen molar-refractivity contribution in [1.82, 2.24) is 14.7 Å². The van der Waals surface area contributed by atoms with Gasteiger partial charge in [-0.25, -0.2) is 0 Å². The van der Waals surface area contributed by atoms with E-state index in [-0.39, 0.29) is 11.8 Å². The summed E-state index contributed by atoms with van der Waals surface area (Å²) >= 11 is 0. The minimum Gasteiger partial charge on any atom is -0.378 e. The van der Waals surface area contributed by atoms with Gasteiger partial charge in [0, 0.05) is 66.5 Å². The third kappa shape index (κ3) is 5.74. The van der Waals surface area contributed by atoms with Crippen molar-refractivity contribution >= 4 is 17.5 Å². The van der Waals surface area contributed by atoms with E-state index < -0.39 is 0 Å². The Bertz CT molecular complexity index is 586. The number of carbonyl (C=O) groups is 2. The normalized spacial score (nSPS) is 15.6. The van der Waals surface area contributed by atoms with Gasteiger partial charge >= 0.3 is 0 Å². The van der Waals surface area contributed by atoms with Crippen molar-refractivity contribution in [2.24, 2.45) is 0 Å². The monoisotopic (exact) mass is 346 g/mol. The molecule has 1 fully saturated rings. The van der Waals surface area contributed by atoms with E-state index in [1.54, 1.807) is 11.8 Å². The molecule has 1 aliphatic heterocycles. The fraction of sp³-hybridized carbons (Fsp3) is 0.579. The molecule has 0 N–H and O–H groups in total. The first-order chi connectivity index (χ1) is 11.9. The fourth-order valence-corrected chi connectivity index (χ4v) is 3.02. The molecule has 6 heteroatoms. The lowest BCUT2D eigenvalue weighted by atomic mass is 10.2. The zero-order valence-corrected chi connectivity index (χ0v) is 15.9. The van der Waals surface area contributed by atoms with Crippen LogP contribution in [0.2, 0.25) is 0 Å². The van der Waals surface area contributed by atoms with E-state index >= 15 is 0 Å². The largest absolute Gasteiger partial charge is 0.378 e. The highest BCUT2D eigenvalue weighted by molar-refractivity contribution is 5.78. The summed E-state index contributed by atoms with van der Waals surface area (Å²) in [5.74, 6) is 0.236. The van der Waals surface area contributed by atoms with Crippen LogP contribution in [0.1, 0.15) is 18.9 Å². The maximum Gasteiger partial charge on any atom is 0.236 e. The predicted octanol–water partition coefficient (Wildman–Crippen LogP) is 1.27. The van der Waals surface area contributed by atoms with Crippen LogP contribution >= 0.6 is 0 Å². The Balaban J connectivity index is 1.84. The van der Waals surface area contributed by atoms with Crippen LogP contribution in [0.25, 0.3) is 0 Å². The number of rotatable bonds is 5. The van der Waals surface area contributed by atoms with Gasteiger partial charge in [-0.15, -0.1) is 0 Å². The molecule has 6 nitrogen and oxygen atoms in total. The molecule has 0 atom stereocenters. The molecule has 2 amide bonds. The average molecular weight is 346 g/mol. The van der Waals surface area contributed by atoms with Gasteiger partial charge in [0.2, 0.25) is 11.8 Å². The lowest BCUT2D eigenvalue weighted by Crippen LogP contribution is -2.40. The quantitative estimate of drug-likeness (QED) is 0.805. The number of likely N-dealkylation sites (N-methyl/N-ethyl adjacent to an activating group) is 1. The van der Waals surface area contributed by atoms with Gasteiger partial charge in [-0.2, -0.15) is 0 Å². The zero-order chi connectivity index (χ0) is 18.4. The molecular weight excluding hydrogens is 316 g/mol.